The van der Waals surface area contributed by atoms with Gasteiger partial charge < -0.3 is 20.1 Å². The third-order valence-corrected chi connectivity index (χ3v) is 3.96. The van der Waals surface area contributed by atoms with Gasteiger partial charge in [0.25, 0.3) is 0 Å². The third-order valence-electron chi connectivity index (χ3n) is 2.52. The number of ether oxygens (including phenoxy) is 2. The fourth-order valence-corrected chi connectivity index (χ4v) is 2.53. The van der Waals surface area contributed by atoms with Gasteiger partial charge in [-0.2, -0.15) is 0 Å². The number of nitrogens with two attached hydrogens (primary N) is 1. The summed E-state index contributed by atoms with van der Waals surface area (Å²) in [7, 11) is -4.26. The van der Waals surface area contributed by atoms with E-state index < -0.39 is 25.7 Å². The molecule has 0 aromatic heterocycles. The van der Waals surface area contributed by atoms with E-state index in [0.29, 0.717) is 0 Å². The van der Waals surface area contributed by atoms with E-state index >= 15 is 0 Å². The number of nitrogens with one attached hydrogen (secondary N) is 1. The highest BCUT2D eigenvalue weighted by Crippen LogP contribution is 2.44. The van der Waals surface area contributed by atoms with Crippen LogP contribution in [0.2, 0.25) is 0 Å². The monoisotopic (exact) mass is 355 g/mol. The fraction of sp³-hybridized carbons (Fsp3) is 0.833. The quantitative estimate of drug-likeness (QED) is 0.244. The number of hydrogen-bond acceptors (Lipinski definition) is 8. The molecular weight excluding hydrogens is 329 g/mol. The minimum Gasteiger partial charge on any atom is -0.465 e. The van der Waals surface area contributed by atoms with Gasteiger partial charge in [0.2, 0.25) is 0 Å². The van der Waals surface area contributed by atoms with Gasteiger partial charge in [0, 0.05) is 13.0 Å². The van der Waals surface area contributed by atoms with Gasteiger partial charge in [-0.25, -0.2) is 9.99 Å². The Morgan fingerprint density at radius 2 is 1.96 bits per heavy atom. The van der Waals surface area contributed by atoms with Gasteiger partial charge in [-0.1, -0.05) is 6.92 Å². The number of rotatable bonds is 12. The molecule has 0 aromatic carbocycles. The largest absolute Gasteiger partial charge is 0.465 e. The van der Waals surface area contributed by atoms with E-state index in [2.05, 4.69) is 5.43 Å². The van der Waals surface area contributed by atoms with Crippen molar-refractivity contribution in [1.29, 1.82) is 0 Å². The van der Waals surface area contributed by atoms with Crippen molar-refractivity contribution in [2.75, 3.05) is 32.9 Å². The third kappa shape index (κ3) is 8.99. The van der Waals surface area contributed by atoms with Crippen LogP contribution >= 0.6 is 7.75 Å². The second-order valence-electron chi connectivity index (χ2n) is 4.41. The van der Waals surface area contributed by atoms with Gasteiger partial charge in [-0.3, -0.25) is 14.1 Å². The van der Waals surface area contributed by atoms with E-state index in [4.69, 9.17) is 19.7 Å². The lowest BCUT2D eigenvalue weighted by Gasteiger charge is -2.28. The van der Waals surface area contributed by atoms with Crippen molar-refractivity contribution in [1.82, 2.24) is 10.2 Å². The lowest BCUT2D eigenvalue weighted by atomic mass is 10.4. The Hall–Kier alpha value is -1.03. The molecule has 0 aliphatic carbocycles. The van der Waals surface area contributed by atoms with Gasteiger partial charge in [0.15, 0.2) is 0 Å². The Morgan fingerprint density at radius 3 is 2.48 bits per heavy atom. The molecule has 0 aliphatic heterocycles. The standard InChI is InChI=1S/C12H26N3O7P/c1-4-11(16)21-9-7-15(23(18,19)22-8-6-13)14-10(3)12(17)20-5-2/h10,14H,4-9,13H2,1-3H3,(H,18,19). The maximum Gasteiger partial charge on any atom is 0.419 e. The summed E-state index contributed by atoms with van der Waals surface area (Å²) < 4.78 is 27.5. The highest BCUT2D eigenvalue weighted by Gasteiger charge is 2.32. The summed E-state index contributed by atoms with van der Waals surface area (Å²) in [4.78, 5) is 32.7. The second kappa shape index (κ2) is 11.5. The van der Waals surface area contributed by atoms with Crippen LogP contribution in [-0.2, 0) is 28.2 Å². The van der Waals surface area contributed by atoms with Crippen LogP contribution in [0.4, 0.5) is 0 Å². The molecule has 0 aromatic rings. The van der Waals surface area contributed by atoms with Gasteiger partial charge in [0.05, 0.1) is 19.8 Å². The van der Waals surface area contributed by atoms with Crippen molar-refractivity contribution < 1.29 is 33.0 Å². The number of hydrazine groups is 1. The molecule has 10 nitrogen and oxygen atoms in total. The first-order chi connectivity index (χ1) is 10.8. The van der Waals surface area contributed by atoms with Gasteiger partial charge >= 0.3 is 19.7 Å². The maximum atomic E-state index is 12.2. The molecule has 2 atom stereocenters. The van der Waals surface area contributed by atoms with E-state index in [9.17, 15) is 19.0 Å². The van der Waals surface area contributed by atoms with Crippen LogP contribution in [0.25, 0.3) is 0 Å². The molecule has 0 spiro atoms. The van der Waals surface area contributed by atoms with Crippen LogP contribution in [0.5, 0.6) is 0 Å². The molecule has 0 bridgehead atoms. The van der Waals surface area contributed by atoms with Crippen molar-refractivity contribution in [3.8, 4) is 0 Å². The average Bonchev–Trinajstić information content (AvgIpc) is 2.51. The van der Waals surface area contributed by atoms with Crippen LogP contribution in [0, 0.1) is 0 Å². The van der Waals surface area contributed by atoms with Crippen LogP contribution in [0.15, 0.2) is 0 Å². The molecular formula is C12H26N3O7P. The van der Waals surface area contributed by atoms with Crippen LogP contribution in [-0.4, -0.2) is 60.6 Å². The molecule has 0 aliphatic rings. The number of carbonyl (C=O) groups is 2. The fourth-order valence-electron chi connectivity index (χ4n) is 1.40. The topological polar surface area (TPSA) is 140 Å². The van der Waals surface area contributed by atoms with E-state index in [1.54, 1.807) is 13.8 Å². The summed E-state index contributed by atoms with van der Waals surface area (Å²) in [6, 6.07) is -0.890. The molecule has 0 rings (SSSR count). The number of hydrogen-bond donors (Lipinski definition) is 3. The Labute approximate surface area is 135 Å². The van der Waals surface area contributed by atoms with Crippen LogP contribution in [0.1, 0.15) is 27.2 Å². The van der Waals surface area contributed by atoms with E-state index in [1.807, 2.05) is 0 Å². The van der Waals surface area contributed by atoms with E-state index in [1.165, 1.54) is 6.92 Å². The highest BCUT2D eigenvalue weighted by molar-refractivity contribution is 7.50. The first-order valence-corrected chi connectivity index (χ1v) is 8.85. The van der Waals surface area contributed by atoms with Crippen molar-refractivity contribution in [2.45, 2.75) is 33.2 Å². The number of carbonyl (C=O) groups excluding carboxylic acids is 2. The predicted molar refractivity (Wildman–Crippen MR) is 82.0 cm³/mol. The molecule has 2 unspecified atom stereocenters. The summed E-state index contributed by atoms with van der Waals surface area (Å²) >= 11 is 0. The first-order valence-electron chi connectivity index (χ1n) is 7.32. The van der Waals surface area contributed by atoms with Crippen molar-refractivity contribution in [2.24, 2.45) is 5.73 Å². The van der Waals surface area contributed by atoms with Crippen LogP contribution < -0.4 is 11.2 Å². The lowest BCUT2D eigenvalue weighted by molar-refractivity contribution is -0.147. The highest BCUT2D eigenvalue weighted by atomic mass is 31.2. The average molecular weight is 355 g/mol. The van der Waals surface area contributed by atoms with Gasteiger partial charge in [-0.05, 0) is 13.8 Å². The van der Waals surface area contributed by atoms with Gasteiger partial charge in [0.1, 0.15) is 12.6 Å². The molecule has 0 heterocycles. The Morgan fingerprint density at radius 1 is 1.30 bits per heavy atom. The van der Waals surface area contributed by atoms with Crippen molar-refractivity contribution in [3.05, 3.63) is 0 Å². The van der Waals surface area contributed by atoms with Crippen molar-refractivity contribution in [3.63, 3.8) is 0 Å². The Kier molecular flexibility index (Phi) is 11.0. The normalized spacial score (nSPS) is 15.0. The molecule has 0 fully saturated rings. The zero-order valence-electron chi connectivity index (χ0n) is 13.7. The molecule has 4 N–H and O–H groups in total. The smallest absolute Gasteiger partial charge is 0.419 e. The van der Waals surface area contributed by atoms with E-state index in [-0.39, 0.29) is 39.3 Å². The summed E-state index contributed by atoms with van der Waals surface area (Å²) in [6.45, 7) is 4.52. The van der Waals surface area contributed by atoms with Gasteiger partial charge in [-0.15, -0.1) is 4.78 Å². The summed E-state index contributed by atoms with van der Waals surface area (Å²) in [5, 5.41) is 0. The summed E-state index contributed by atoms with van der Waals surface area (Å²) in [6.07, 6.45) is 0.188. The first kappa shape index (κ1) is 22.0. The molecule has 136 valence electrons. The molecule has 0 saturated carbocycles. The Bertz CT molecular complexity index is 421. The number of nitrogens with zero attached hydrogens (tertiary/aromatic N) is 1. The second-order valence-corrected chi connectivity index (χ2v) is 6.13. The zero-order valence-corrected chi connectivity index (χ0v) is 14.6. The predicted octanol–water partition coefficient (Wildman–Crippen LogP) is -0.226. The maximum absolute atomic E-state index is 12.2. The molecule has 0 radical (unpaired) electrons. The molecule has 0 amide bonds. The SMILES string of the molecule is CCOC(=O)C(C)NN(CCOC(=O)CC)P(=O)(O)OCCN. The van der Waals surface area contributed by atoms with Crippen LogP contribution in [0.3, 0.4) is 0 Å². The molecule has 0 saturated heterocycles. The zero-order chi connectivity index (χ0) is 17.9. The van der Waals surface area contributed by atoms with E-state index in [0.717, 1.165) is 4.78 Å². The molecule has 23 heavy (non-hydrogen) atoms. The minimum atomic E-state index is -4.26. The minimum absolute atomic E-state index is 0.0522. The van der Waals surface area contributed by atoms with Crippen molar-refractivity contribution >= 4 is 19.7 Å². The summed E-state index contributed by atoms with van der Waals surface area (Å²) in [5.41, 5.74) is 7.77. The Balaban J connectivity index is 4.81. The lowest BCUT2D eigenvalue weighted by Crippen LogP contribution is -2.47. The number of esters is 2. The molecule has 11 heteroatoms. The summed E-state index contributed by atoms with van der Waals surface area (Å²) in [5.74, 6) is -1.04.